The molecule has 3 aromatic heterocycles. The summed E-state index contributed by atoms with van der Waals surface area (Å²) in [5, 5.41) is 31.3. The second-order valence-electron chi connectivity index (χ2n) is 10.1. The number of nitrogens with one attached hydrogen (secondary N) is 2. The third-order valence-corrected chi connectivity index (χ3v) is 9.65. The van der Waals surface area contributed by atoms with Gasteiger partial charge < -0.3 is 26.1 Å². The van der Waals surface area contributed by atoms with Crippen LogP contribution in [0.4, 0.5) is 5.13 Å². The molecule has 46 heavy (non-hydrogen) atoms. The second-order valence-corrected chi connectivity index (χ2v) is 13.1. The van der Waals surface area contributed by atoms with Gasteiger partial charge in [0.1, 0.15) is 33.7 Å². The Bertz CT molecular complexity index is 1850. The van der Waals surface area contributed by atoms with E-state index in [0.29, 0.717) is 16.4 Å². The summed E-state index contributed by atoms with van der Waals surface area (Å²) in [6, 6.07) is 0.176. The van der Waals surface area contributed by atoms with E-state index < -0.39 is 46.7 Å². The van der Waals surface area contributed by atoms with Crippen molar-refractivity contribution in [3.63, 3.8) is 0 Å². The molecule has 2 aliphatic heterocycles. The predicted octanol–water partition coefficient (Wildman–Crippen LogP) is -0.810. The number of carboxylic acid groups (broad SMARTS) is 2. The van der Waals surface area contributed by atoms with Crippen molar-refractivity contribution in [2.75, 3.05) is 17.2 Å². The van der Waals surface area contributed by atoms with E-state index in [1.165, 1.54) is 41.6 Å². The van der Waals surface area contributed by atoms with Crippen LogP contribution in [0.3, 0.4) is 0 Å². The van der Waals surface area contributed by atoms with Crippen LogP contribution in [0.5, 0.6) is 0 Å². The van der Waals surface area contributed by atoms with Crippen LogP contribution in [0.25, 0.3) is 5.78 Å². The van der Waals surface area contributed by atoms with Gasteiger partial charge in [-0.2, -0.15) is 9.50 Å². The van der Waals surface area contributed by atoms with Gasteiger partial charge in [-0.05, 0) is 26.3 Å². The molecule has 242 valence electrons. The van der Waals surface area contributed by atoms with Crippen molar-refractivity contribution in [3.05, 3.63) is 39.9 Å². The van der Waals surface area contributed by atoms with E-state index in [-0.39, 0.29) is 45.2 Å². The summed E-state index contributed by atoms with van der Waals surface area (Å²) in [5.41, 5.74) is 5.60. The molecular formula is C24H25N11O8S3. The number of aryl methyl sites for hydroxylation is 1. The first kappa shape index (κ1) is 32.6. The Morgan fingerprint density at radius 2 is 1.93 bits per heavy atom. The highest BCUT2D eigenvalue weighted by Crippen LogP contribution is 2.41. The minimum atomic E-state index is -1.58. The maximum atomic E-state index is 13.4. The maximum Gasteiger partial charge on any atom is 0.354 e. The molecule has 2 aliphatic rings. The third-order valence-electron chi connectivity index (χ3n) is 6.56. The number of aromatic carboxylic acids is 1. The summed E-state index contributed by atoms with van der Waals surface area (Å²) in [4.78, 5) is 81.2. The van der Waals surface area contributed by atoms with Crippen molar-refractivity contribution >= 4 is 81.1 Å². The van der Waals surface area contributed by atoms with Crippen molar-refractivity contribution < 1.29 is 39.0 Å². The van der Waals surface area contributed by atoms with Gasteiger partial charge in [0.2, 0.25) is 5.60 Å². The van der Waals surface area contributed by atoms with E-state index in [9.17, 15) is 34.2 Å². The molecule has 0 saturated carbocycles. The van der Waals surface area contributed by atoms with Crippen LogP contribution in [-0.2, 0) is 24.0 Å². The molecule has 3 aromatic rings. The summed E-state index contributed by atoms with van der Waals surface area (Å²) < 4.78 is 1.36. The van der Waals surface area contributed by atoms with Gasteiger partial charge in [0, 0.05) is 23.0 Å². The van der Waals surface area contributed by atoms with Crippen molar-refractivity contribution in [3.8, 4) is 0 Å². The molecule has 8 N–H and O–H groups in total. The average Bonchev–Trinajstić information content (AvgIpc) is 3.61. The number of carbonyl (C=O) groups excluding carboxylic acids is 3. The standard InChI is InChI=1S/C24H25N11O8S3/c1-8-27-23-29-10(19(38)39)4-12(35(23)32-8)44-5-9-6-45-18-14(17(37)34(18)15(9)20(40)41)30-16(36)13(11-7-46-22(25)28-11)33-43-24(2,3)21(42)31-26/h4,7,14,18H,5-6,26H2,1-3H3,(H2,25,28)(H,30,36)(H,31,42)(H,38,39)(H,40,41)/t14?,18-/m0/s1. The Morgan fingerprint density at radius 3 is 2.57 bits per heavy atom. The minimum absolute atomic E-state index is 0.0214. The first-order chi connectivity index (χ1) is 21.7. The van der Waals surface area contributed by atoms with Crippen molar-refractivity contribution in [1.82, 2.24) is 40.2 Å². The van der Waals surface area contributed by atoms with Gasteiger partial charge in [0.25, 0.3) is 23.5 Å². The third kappa shape index (κ3) is 6.18. The van der Waals surface area contributed by atoms with Crippen LogP contribution in [0.2, 0.25) is 0 Å². The van der Waals surface area contributed by atoms with E-state index in [1.807, 2.05) is 5.43 Å². The van der Waals surface area contributed by atoms with E-state index in [4.69, 9.17) is 16.4 Å². The lowest BCUT2D eigenvalue weighted by Gasteiger charge is -2.49. The quantitative estimate of drug-likeness (QED) is 0.0273. The van der Waals surface area contributed by atoms with E-state index in [2.05, 4.69) is 30.5 Å². The number of anilines is 1. The molecule has 0 aliphatic carbocycles. The normalized spacial score (nSPS) is 18.2. The molecule has 0 spiro atoms. The van der Waals surface area contributed by atoms with Crippen LogP contribution in [0, 0.1) is 6.92 Å². The van der Waals surface area contributed by atoms with Crippen LogP contribution in [0.15, 0.2) is 32.9 Å². The molecule has 0 bridgehead atoms. The second kappa shape index (κ2) is 12.5. The number of carbonyl (C=O) groups is 5. The van der Waals surface area contributed by atoms with Crippen molar-refractivity contribution in [2.45, 2.75) is 42.8 Å². The lowest BCUT2D eigenvalue weighted by atomic mass is 10.0. The molecule has 3 amide bonds. The maximum absolute atomic E-state index is 13.4. The Balaban J connectivity index is 1.36. The molecule has 1 fully saturated rings. The Kier molecular flexibility index (Phi) is 8.88. The summed E-state index contributed by atoms with van der Waals surface area (Å²) in [6.45, 7) is 4.34. The first-order valence-corrected chi connectivity index (χ1v) is 15.9. The largest absolute Gasteiger partial charge is 0.477 e. The molecule has 22 heteroatoms. The number of fused-ring (bicyclic) bond motifs is 2. The van der Waals surface area contributed by atoms with Crippen LogP contribution in [0.1, 0.15) is 35.9 Å². The smallest absolute Gasteiger partial charge is 0.354 e. The number of hydrogen-bond acceptors (Lipinski definition) is 16. The molecule has 1 unspecified atom stereocenters. The number of thiazole rings is 1. The fourth-order valence-corrected chi connectivity index (χ4v) is 7.32. The Morgan fingerprint density at radius 1 is 1.20 bits per heavy atom. The highest BCUT2D eigenvalue weighted by molar-refractivity contribution is 8.01. The number of aliphatic carboxylic acids is 1. The van der Waals surface area contributed by atoms with Gasteiger partial charge in [0.15, 0.2) is 16.5 Å². The lowest BCUT2D eigenvalue weighted by Crippen LogP contribution is -2.71. The monoisotopic (exact) mass is 691 g/mol. The summed E-state index contributed by atoms with van der Waals surface area (Å²) in [5.74, 6) is 0.956. The van der Waals surface area contributed by atoms with Gasteiger partial charge in [-0.1, -0.05) is 5.16 Å². The number of oxime groups is 1. The number of β-lactam (4-membered cyclic amide) rings is 1. The fourth-order valence-electron chi connectivity index (χ4n) is 4.30. The summed E-state index contributed by atoms with van der Waals surface area (Å²) >= 11 is 3.36. The molecule has 5 heterocycles. The molecule has 0 radical (unpaired) electrons. The summed E-state index contributed by atoms with van der Waals surface area (Å²) in [6.07, 6.45) is 0. The first-order valence-electron chi connectivity index (χ1n) is 13.0. The molecule has 19 nitrogen and oxygen atoms in total. The number of nitrogens with zero attached hydrogens (tertiary/aromatic N) is 7. The lowest BCUT2D eigenvalue weighted by molar-refractivity contribution is -0.150. The zero-order valence-corrected chi connectivity index (χ0v) is 26.5. The highest BCUT2D eigenvalue weighted by Gasteiger charge is 2.54. The Hall–Kier alpha value is -4.80. The highest BCUT2D eigenvalue weighted by atomic mass is 32.2. The van der Waals surface area contributed by atoms with Crippen molar-refractivity contribution in [2.24, 2.45) is 11.0 Å². The van der Waals surface area contributed by atoms with Crippen LogP contribution in [-0.4, -0.2) is 104 Å². The van der Waals surface area contributed by atoms with E-state index >= 15 is 0 Å². The zero-order chi connectivity index (χ0) is 33.5. The minimum Gasteiger partial charge on any atom is -0.477 e. The molecule has 2 atom stereocenters. The number of rotatable bonds is 11. The number of hydrazine groups is 1. The SMILES string of the molecule is Cc1nc2nc(C(=O)O)cc(SCC3=C(C(=O)O)N4C(=O)C(NC(=O)C(=NOC(C)(C)C(=O)NN)c5csc(N)n5)[C@@H]4SC3)n2n1. The van der Waals surface area contributed by atoms with Gasteiger partial charge in [-0.25, -0.2) is 25.4 Å². The summed E-state index contributed by atoms with van der Waals surface area (Å²) in [7, 11) is 0. The Labute approximate surface area is 270 Å². The molecule has 1 saturated heterocycles. The number of nitrogens with two attached hydrogens (primary N) is 2. The number of nitrogen functional groups attached to an aromatic ring is 1. The van der Waals surface area contributed by atoms with Crippen LogP contribution < -0.4 is 22.3 Å². The predicted molar refractivity (Wildman–Crippen MR) is 163 cm³/mol. The average molecular weight is 692 g/mol. The number of carboxylic acids is 2. The topological polar surface area (TPSA) is 283 Å². The molecule has 5 rings (SSSR count). The van der Waals surface area contributed by atoms with Crippen molar-refractivity contribution in [1.29, 1.82) is 0 Å². The zero-order valence-electron chi connectivity index (χ0n) is 24.1. The van der Waals surface area contributed by atoms with Crippen LogP contribution >= 0.6 is 34.9 Å². The molecular weight excluding hydrogens is 667 g/mol. The number of aromatic nitrogens is 5. The van der Waals surface area contributed by atoms with Gasteiger partial charge in [-0.3, -0.25) is 24.7 Å². The number of hydrogen-bond donors (Lipinski definition) is 6. The van der Waals surface area contributed by atoms with Gasteiger partial charge in [0.05, 0.1) is 0 Å². The molecule has 0 aromatic carbocycles. The number of amides is 3. The van der Waals surface area contributed by atoms with E-state index in [1.54, 1.807) is 6.92 Å². The fraction of sp³-hybridized carbons (Fsp3) is 0.333. The van der Waals surface area contributed by atoms with Gasteiger partial charge in [-0.15, -0.1) is 40.0 Å². The van der Waals surface area contributed by atoms with E-state index in [0.717, 1.165) is 28.0 Å². The van der Waals surface area contributed by atoms with Gasteiger partial charge >= 0.3 is 11.9 Å². The number of thioether (sulfide) groups is 2.